The number of benzene rings is 2. The number of halogens is 3. The molecule has 0 saturated carbocycles. The lowest BCUT2D eigenvalue weighted by molar-refractivity contribution is 0.127. The summed E-state index contributed by atoms with van der Waals surface area (Å²) in [5, 5.41) is 2.49. The van der Waals surface area contributed by atoms with E-state index in [2.05, 4.69) is 22.1 Å². The summed E-state index contributed by atoms with van der Waals surface area (Å²) in [5.41, 5.74) is 0.970. The number of nitrogens with one attached hydrogen (secondary N) is 1. The second kappa shape index (κ2) is 7.68. The van der Waals surface area contributed by atoms with Gasteiger partial charge in [-0.2, -0.15) is 0 Å². The monoisotopic (exact) mass is 394 g/mol. The number of amides is 1. The minimum atomic E-state index is -1.34. The molecule has 7 heteroatoms. The first-order valence-electron chi connectivity index (χ1n) is 8.67. The van der Waals surface area contributed by atoms with Crippen LogP contribution in [-0.4, -0.2) is 11.1 Å². The molecule has 0 bridgehead atoms. The molecule has 1 amide bonds. The number of pyridine rings is 1. The molecule has 1 aliphatic heterocycles. The van der Waals surface area contributed by atoms with Crippen molar-refractivity contribution in [2.45, 2.75) is 12.1 Å². The molecule has 1 N–H and O–H groups in total. The van der Waals surface area contributed by atoms with E-state index in [-0.39, 0.29) is 0 Å². The van der Waals surface area contributed by atoms with Gasteiger partial charge in [0.25, 0.3) is 0 Å². The van der Waals surface area contributed by atoms with Crippen LogP contribution in [0.25, 0.3) is 0 Å². The molecule has 0 spiro atoms. The Labute approximate surface area is 164 Å². The van der Waals surface area contributed by atoms with Crippen LogP contribution < -0.4 is 5.32 Å². The van der Waals surface area contributed by atoms with E-state index in [4.69, 9.17) is 4.74 Å². The van der Waals surface area contributed by atoms with Gasteiger partial charge in [-0.25, -0.2) is 22.9 Å². The smallest absolute Gasteiger partial charge is 0.408 e. The van der Waals surface area contributed by atoms with Gasteiger partial charge >= 0.3 is 6.09 Å². The molecule has 2 unspecified atom stereocenters. The van der Waals surface area contributed by atoms with E-state index >= 15 is 0 Å². The van der Waals surface area contributed by atoms with E-state index in [1.54, 1.807) is 18.2 Å². The highest BCUT2D eigenvalue weighted by Crippen LogP contribution is 2.38. The first-order valence-corrected chi connectivity index (χ1v) is 8.67. The predicted molar refractivity (Wildman–Crippen MR) is 98.1 cm³/mol. The number of cyclic esters (lactones) is 1. The standard InChI is InChI=1S/C22H13F3N2O2/c23-14-11-16(24)19(17(25)12-14)21-20(27-22(28)29-21)18-8-4-7-15(26-18)10-9-13-5-2-1-3-6-13/h1-8,11-12,20-21H,(H,27,28). The van der Waals surface area contributed by atoms with Crippen LogP contribution in [-0.2, 0) is 4.74 Å². The van der Waals surface area contributed by atoms with E-state index in [1.165, 1.54) is 0 Å². The predicted octanol–water partition coefficient (Wildman–Crippen LogP) is 4.42. The van der Waals surface area contributed by atoms with Gasteiger partial charge in [-0.15, -0.1) is 0 Å². The summed E-state index contributed by atoms with van der Waals surface area (Å²) in [6.45, 7) is 0. The fraction of sp³-hybridized carbons (Fsp3) is 0.0909. The molecule has 1 aliphatic rings. The quantitative estimate of drug-likeness (QED) is 0.655. The number of hydrogen-bond donors (Lipinski definition) is 1. The third-order valence-corrected chi connectivity index (χ3v) is 4.34. The van der Waals surface area contributed by atoms with Gasteiger partial charge in [0.1, 0.15) is 29.2 Å². The molecule has 1 saturated heterocycles. The van der Waals surface area contributed by atoms with Crippen molar-refractivity contribution in [3.05, 3.63) is 101 Å². The van der Waals surface area contributed by atoms with E-state index in [0.717, 1.165) is 5.56 Å². The van der Waals surface area contributed by atoms with Gasteiger partial charge in [0.2, 0.25) is 0 Å². The Morgan fingerprint density at radius 1 is 0.931 bits per heavy atom. The van der Waals surface area contributed by atoms with Crippen molar-refractivity contribution in [3.63, 3.8) is 0 Å². The summed E-state index contributed by atoms with van der Waals surface area (Å²) in [4.78, 5) is 16.2. The van der Waals surface area contributed by atoms with Crippen molar-refractivity contribution in [3.8, 4) is 11.8 Å². The minimum Gasteiger partial charge on any atom is -0.438 e. The lowest BCUT2D eigenvalue weighted by atomic mass is 9.98. The Morgan fingerprint density at radius 2 is 1.66 bits per heavy atom. The van der Waals surface area contributed by atoms with Crippen LogP contribution in [0.2, 0.25) is 0 Å². The Kier molecular flexibility index (Phi) is 4.92. The first-order chi connectivity index (χ1) is 14.0. The number of carbonyl (C=O) groups excluding carboxylic acids is 1. The van der Waals surface area contributed by atoms with Gasteiger partial charge in [0, 0.05) is 17.7 Å². The van der Waals surface area contributed by atoms with Crippen LogP contribution in [0.3, 0.4) is 0 Å². The van der Waals surface area contributed by atoms with Crippen molar-refractivity contribution in [2.75, 3.05) is 0 Å². The number of aromatic nitrogens is 1. The number of ether oxygens (including phenoxy) is 1. The molecular formula is C22H13F3N2O2. The minimum absolute atomic E-state index is 0.309. The summed E-state index contributed by atoms with van der Waals surface area (Å²) < 4.78 is 46.7. The van der Waals surface area contributed by atoms with E-state index in [9.17, 15) is 18.0 Å². The molecule has 2 heterocycles. The average Bonchev–Trinajstić information content (AvgIpc) is 3.08. The Balaban J connectivity index is 1.69. The maximum absolute atomic E-state index is 14.2. The van der Waals surface area contributed by atoms with E-state index in [1.807, 2.05) is 30.3 Å². The van der Waals surface area contributed by atoms with Gasteiger partial charge in [0.05, 0.1) is 11.3 Å². The van der Waals surface area contributed by atoms with E-state index < -0.39 is 41.3 Å². The van der Waals surface area contributed by atoms with Gasteiger partial charge in [0.15, 0.2) is 6.10 Å². The number of hydrogen-bond acceptors (Lipinski definition) is 3. The van der Waals surface area contributed by atoms with Crippen LogP contribution in [0.5, 0.6) is 0 Å². The molecule has 2 atom stereocenters. The Bertz CT molecular complexity index is 1120. The van der Waals surface area contributed by atoms with Crippen LogP contribution in [0.1, 0.15) is 34.7 Å². The first kappa shape index (κ1) is 18.6. The van der Waals surface area contributed by atoms with Gasteiger partial charge < -0.3 is 10.1 Å². The molecule has 1 aromatic heterocycles. The third kappa shape index (κ3) is 3.92. The lowest BCUT2D eigenvalue weighted by Crippen LogP contribution is -2.21. The van der Waals surface area contributed by atoms with Crippen molar-refractivity contribution in [2.24, 2.45) is 0 Å². The second-order valence-corrected chi connectivity index (χ2v) is 6.29. The van der Waals surface area contributed by atoms with Gasteiger partial charge in [-0.05, 0) is 30.2 Å². The van der Waals surface area contributed by atoms with E-state index in [0.29, 0.717) is 23.5 Å². The van der Waals surface area contributed by atoms with Crippen LogP contribution in [0, 0.1) is 29.3 Å². The van der Waals surface area contributed by atoms with Crippen LogP contribution in [0.15, 0.2) is 60.7 Å². The van der Waals surface area contributed by atoms with Crippen LogP contribution in [0.4, 0.5) is 18.0 Å². The summed E-state index contributed by atoms with van der Waals surface area (Å²) in [6.07, 6.45) is -2.20. The molecule has 4 rings (SSSR count). The number of rotatable bonds is 2. The molecule has 144 valence electrons. The number of carbonyl (C=O) groups is 1. The number of alkyl carbamates (subject to hydrolysis) is 1. The molecule has 0 radical (unpaired) electrons. The maximum Gasteiger partial charge on any atom is 0.408 e. The molecule has 0 aliphatic carbocycles. The maximum atomic E-state index is 14.2. The molecule has 29 heavy (non-hydrogen) atoms. The van der Waals surface area contributed by atoms with Gasteiger partial charge in [-0.1, -0.05) is 30.2 Å². The zero-order chi connectivity index (χ0) is 20.4. The lowest BCUT2D eigenvalue weighted by Gasteiger charge is -2.18. The summed E-state index contributed by atoms with van der Waals surface area (Å²) in [7, 11) is 0. The summed E-state index contributed by atoms with van der Waals surface area (Å²) in [5.74, 6) is 2.52. The second-order valence-electron chi connectivity index (χ2n) is 6.29. The SMILES string of the molecule is O=C1NC(c2cccc(C#Cc3ccccc3)n2)C(c2c(F)cc(F)cc2F)O1. The third-order valence-electron chi connectivity index (χ3n) is 4.34. The van der Waals surface area contributed by atoms with Crippen molar-refractivity contribution >= 4 is 6.09 Å². The normalized spacial score (nSPS) is 17.8. The zero-order valence-electron chi connectivity index (χ0n) is 14.8. The zero-order valence-corrected chi connectivity index (χ0v) is 14.8. The van der Waals surface area contributed by atoms with Crippen molar-refractivity contribution in [1.29, 1.82) is 0 Å². The highest BCUT2D eigenvalue weighted by Gasteiger charge is 2.40. The Morgan fingerprint density at radius 3 is 2.38 bits per heavy atom. The van der Waals surface area contributed by atoms with Crippen molar-refractivity contribution in [1.82, 2.24) is 10.3 Å². The molecular weight excluding hydrogens is 381 g/mol. The fourth-order valence-corrected chi connectivity index (χ4v) is 3.05. The largest absolute Gasteiger partial charge is 0.438 e. The molecule has 4 nitrogen and oxygen atoms in total. The molecule has 1 fully saturated rings. The number of nitrogens with zero attached hydrogens (tertiary/aromatic N) is 1. The van der Waals surface area contributed by atoms with Crippen molar-refractivity contribution < 1.29 is 22.7 Å². The topological polar surface area (TPSA) is 51.2 Å². The fourth-order valence-electron chi connectivity index (χ4n) is 3.05. The van der Waals surface area contributed by atoms with Gasteiger partial charge in [-0.3, -0.25) is 0 Å². The highest BCUT2D eigenvalue weighted by molar-refractivity contribution is 5.71. The average molecular weight is 394 g/mol. The molecule has 2 aromatic carbocycles. The summed E-state index contributed by atoms with van der Waals surface area (Å²) >= 11 is 0. The van der Waals surface area contributed by atoms with Crippen LogP contribution >= 0.6 is 0 Å². The Hall–Kier alpha value is -3.79. The molecule has 3 aromatic rings. The highest BCUT2D eigenvalue weighted by atomic mass is 19.1. The summed E-state index contributed by atoms with van der Waals surface area (Å²) in [6, 6.07) is 14.3.